The summed E-state index contributed by atoms with van der Waals surface area (Å²) in [6.07, 6.45) is -0.318. The Balaban J connectivity index is 1.76. The summed E-state index contributed by atoms with van der Waals surface area (Å²) in [6, 6.07) is 10.7. The number of fused-ring (bicyclic) bond motifs is 1. The molecule has 144 valence electrons. The van der Waals surface area contributed by atoms with Crippen LogP contribution < -0.4 is 5.32 Å². The van der Waals surface area contributed by atoms with Crippen molar-refractivity contribution in [3.05, 3.63) is 36.4 Å². The molecule has 2 aromatic rings. The standard InChI is InChI=1S/C20H25N3O4/c1-20(2,3)27-19(25)23-12-14(26-4)11-16(23)18(24)22-17-10-9-13-7-5-6-8-15(13)21-17/h5-10,14,16H,11-12H2,1-4H3,(H,21,22,24)/t14-,16+/m1/s1. The highest BCUT2D eigenvalue weighted by molar-refractivity contribution is 5.97. The summed E-state index contributed by atoms with van der Waals surface area (Å²) in [5.74, 6) is 0.145. The topological polar surface area (TPSA) is 80.8 Å². The number of likely N-dealkylation sites (tertiary alicyclic amines) is 1. The minimum atomic E-state index is -0.668. The van der Waals surface area contributed by atoms with E-state index in [0.717, 1.165) is 10.9 Å². The van der Waals surface area contributed by atoms with Crippen LogP contribution in [0.25, 0.3) is 10.9 Å². The molecule has 27 heavy (non-hydrogen) atoms. The molecule has 1 N–H and O–H groups in total. The average Bonchev–Trinajstić information content (AvgIpc) is 3.05. The number of hydrogen-bond donors (Lipinski definition) is 1. The van der Waals surface area contributed by atoms with E-state index >= 15 is 0 Å². The van der Waals surface area contributed by atoms with Crippen LogP contribution in [0, 0.1) is 0 Å². The zero-order chi connectivity index (χ0) is 19.6. The molecule has 1 saturated heterocycles. The van der Waals surface area contributed by atoms with E-state index in [-0.39, 0.29) is 12.0 Å². The number of rotatable bonds is 3. The molecule has 1 fully saturated rings. The van der Waals surface area contributed by atoms with Crippen LogP contribution in [-0.4, -0.2) is 53.3 Å². The van der Waals surface area contributed by atoms with Gasteiger partial charge in [-0.1, -0.05) is 18.2 Å². The number of pyridine rings is 1. The van der Waals surface area contributed by atoms with Gasteiger partial charge in [0.1, 0.15) is 17.5 Å². The smallest absolute Gasteiger partial charge is 0.411 e. The van der Waals surface area contributed by atoms with Gasteiger partial charge in [-0.2, -0.15) is 0 Å². The van der Waals surface area contributed by atoms with Crippen LogP contribution in [0.3, 0.4) is 0 Å². The van der Waals surface area contributed by atoms with E-state index in [2.05, 4.69) is 10.3 Å². The molecular weight excluding hydrogens is 346 g/mol. The Morgan fingerprint density at radius 1 is 1.19 bits per heavy atom. The second-order valence-electron chi connectivity index (χ2n) is 7.62. The van der Waals surface area contributed by atoms with Crippen LogP contribution in [0.2, 0.25) is 0 Å². The fourth-order valence-corrected chi connectivity index (χ4v) is 3.08. The van der Waals surface area contributed by atoms with Gasteiger partial charge in [0.2, 0.25) is 5.91 Å². The molecule has 0 aliphatic carbocycles. The monoisotopic (exact) mass is 371 g/mol. The number of aromatic nitrogens is 1. The third-order valence-electron chi connectivity index (χ3n) is 4.38. The predicted molar refractivity (Wildman–Crippen MR) is 103 cm³/mol. The molecule has 1 aliphatic rings. The van der Waals surface area contributed by atoms with E-state index in [0.29, 0.717) is 18.8 Å². The van der Waals surface area contributed by atoms with Gasteiger partial charge in [-0.15, -0.1) is 0 Å². The molecule has 2 amide bonds. The number of nitrogens with zero attached hydrogens (tertiary/aromatic N) is 2. The number of carbonyl (C=O) groups is 2. The van der Waals surface area contributed by atoms with Crippen LogP contribution >= 0.6 is 0 Å². The highest BCUT2D eigenvalue weighted by atomic mass is 16.6. The molecule has 1 aromatic heterocycles. The Kier molecular flexibility index (Phi) is 5.32. The van der Waals surface area contributed by atoms with E-state index in [1.807, 2.05) is 30.3 Å². The SMILES string of the molecule is CO[C@@H]1C[C@@H](C(=O)Nc2ccc3ccccc3n2)N(C(=O)OC(C)(C)C)C1. The lowest BCUT2D eigenvalue weighted by Crippen LogP contribution is -2.45. The molecule has 0 unspecified atom stereocenters. The Morgan fingerprint density at radius 2 is 1.93 bits per heavy atom. The number of hydrogen-bond acceptors (Lipinski definition) is 5. The highest BCUT2D eigenvalue weighted by Crippen LogP contribution is 2.24. The zero-order valence-corrected chi connectivity index (χ0v) is 16.1. The number of anilines is 1. The van der Waals surface area contributed by atoms with Crippen molar-refractivity contribution in [2.75, 3.05) is 19.0 Å². The number of benzene rings is 1. The summed E-state index contributed by atoms with van der Waals surface area (Å²) in [7, 11) is 1.57. The predicted octanol–water partition coefficient (Wildman–Crippen LogP) is 3.20. The van der Waals surface area contributed by atoms with Crippen molar-refractivity contribution in [2.24, 2.45) is 0 Å². The summed E-state index contributed by atoms with van der Waals surface area (Å²) in [5, 5.41) is 3.81. The van der Waals surface area contributed by atoms with Crippen LogP contribution in [0.1, 0.15) is 27.2 Å². The molecule has 1 aliphatic heterocycles. The molecule has 2 heterocycles. The lowest BCUT2D eigenvalue weighted by Gasteiger charge is -2.27. The second-order valence-corrected chi connectivity index (χ2v) is 7.62. The first-order valence-electron chi connectivity index (χ1n) is 8.96. The molecule has 0 bridgehead atoms. The van der Waals surface area contributed by atoms with Crippen molar-refractivity contribution in [1.29, 1.82) is 0 Å². The normalized spacial score (nSPS) is 19.9. The number of methoxy groups -OCH3 is 1. The highest BCUT2D eigenvalue weighted by Gasteiger charge is 2.41. The second kappa shape index (κ2) is 7.52. The van der Waals surface area contributed by atoms with Gasteiger partial charge in [-0.05, 0) is 39.0 Å². The van der Waals surface area contributed by atoms with Gasteiger partial charge in [0.25, 0.3) is 0 Å². The molecule has 1 aromatic carbocycles. The minimum absolute atomic E-state index is 0.210. The van der Waals surface area contributed by atoms with Crippen molar-refractivity contribution in [2.45, 2.75) is 44.9 Å². The molecule has 0 saturated carbocycles. The molecule has 0 spiro atoms. The van der Waals surface area contributed by atoms with E-state index in [9.17, 15) is 9.59 Å². The van der Waals surface area contributed by atoms with Crippen molar-refractivity contribution < 1.29 is 19.1 Å². The fourth-order valence-electron chi connectivity index (χ4n) is 3.08. The maximum atomic E-state index is 12.8. The molecule has 7 heteroatoms. The summed E-state index contributed by atoms with van der Waals surface area (Å²) in [4.78, 5) is 31.2. The number of amides is 2. The van der Waals surface area contributed by atoms with Crippen molar-refractivity contribution in [3.8, 4) is 0 Å². The summed E-state index contributed by atoms with van der Waals surface area (Å²) in [5.41, 5.74) is 0.156. The van der Waals surface area contributed by atoms with Gasteiger partial charge in [0.15, 0.2) is 0 Å². The Morgan fingerprint density at radius 3 is 2.63 bits per heavy atom. The van der Waals surface area contributed by atoms with Crippen molar-refractivity contribution in [3.63, 3.8) is 0 Å². The minimum Gasteiger partial charge on any atom is -0.444 e. The largest absolute Gasteiger partial charge is 0.444 e. The lowest BCUT2D eigenvalue weighted by molar-refractivity contribution is -0.120. The summed E-state index contributed by atoms with van der Waals surface area (Å²) in [6.45, 7) is 5.70. The molecule has 2 atom stereocenters. The first-order valence-corrected chi connectivity index (χ1v) is 8.96. The van der Waals surface area contributed by atoms with Gasteiger partial charge >= 0.3 is 6.09 Å². The molecular formula is C20H25N3O4. The van der Waals surface area contributed by atoms with Crippen molar-refractivity contribution in [1.82, 2.24) is 9.88 Å². The van der Waals surface area contributed by atoms with E-state index in [4.69, 9.17) is 9.47 Å². The number of para-hydroxylation sites is 1. The van der Waals surface area contributed by atoms with E-state index in [1.165, 1.54) is 4.90 Å². The summed E-state index contributed by atoms with van der Waals surface area (Å²) >= 11 is 0. The number of nitrogens with one attached hydrogen (secondary N) is 1. The maximum absolute atomic E-state index is 12.8. The maximum Gasteiger partial charge on any atom is 0.411 e. The molecule has 0 radical (unpaired) electrons. The Labute approximate surface area is 158 Å². The third kappa shape index (κ3) is 4.54. The molecule has 7 nitrogen and oxygen atoms in total. The average molecular weight is 371 g/mol. The number of ether oxygens (including phenoxy) is 2. The number of carbonyl (C=O) groups excluding carboxylic acids is 2. The zero-order valence-electron chi connectivity index (χ0n) is 16.1. The first-order chi connectivity index (χ1) is 12.8. The third-order valence-corrected chi connectivity index (χ3v) is 4.38. The first kappa shape index (κ1) is 19.1. The van der Waals surface area contributed by atoms with Crippen LogP contribution in [0.15, 0.2) is 36.4 Å². The Bertz CT molecular complexity index is 846. The van der Waals surface area contributed by atoms with E-state index < -0.39 is 17.7 Å². The molecule has 3 rings (SSSR count). The van der Waals surface area contributed by atoms with Gasteiger partial charge in [0.05, 0.1) is 18.2 Å². The van der Waals surface area contributed by atoms with Crippen molar-refractivity contribution >= 4 is 28.7 Å². The van der Waals surface area contributed by atoms with Gasteiger partial charge in [-0.3, -0.25) is 9.69 Å². The van der Waals surface area contributed by atoms with Gasteiger partial charge < -0.3 is 14.8 Å². The van der Waals surface area contributed by atoms with Gasteiger partial charge in [0, 0.05) is 18.9 Å². The van der Waals surface area contributed by atoms with Crippen LogP contribution in [0.4, 0.5) is 10.6 Å². The van der Waals surface area contributed by atoms with Crippen LogP contribution in [-0.2, 0) is 14.3 Å². The quantitative estimate of drug-likeness (QED) is 0.896. The van der Waals surface area contributed by atoms with E-state index in [1.54, 1.807) is 33.9 Å². The fraction of sp³-hybridized carbons (Fsp3) is 0.450. The Hall–Kier alpha value is -2.67. The lowest BCUT2D eigenvalue weighted by atomic mass is 10.2. The summed E-state index contributed by atoms with van der Waals surface area (Å²) < 4.78 is 10.8. The van der Waals surface area contributed by atoms with Gasteiger partial charge in [-0.25, -0.2) is 9.78 Å². The van der Waals surface area contributed by atoms with Crippen LogP contribution in [0.5, 0.6) is 0 Å².